The monoisotopic (exact) mass is 455 g/mol. The van der Waals surface area contributed by atoms with Crippen molar-refractivity contribution in [1.82, 2.24) is 10.0 Å². The Bertz CT molecular complexity index is 770. The second-order valence-electron chi connectivity index (χ2n) is 9.87. The van der Waals surface area contributed by atoms with Crippen LogP contribution in [0.1, 0.15) is 53.4 Å². The molecule has 5 nitrogen and oxygen atoms in total. The molecule has 0 spiro atoms. The number of carbonyl (C=O) groups is 2. The Labute approximate surface area is 188 Å². The number of nitrogens with one attached hydrogen (secondary N) is 2. The van der Waals surface area contributed by atoms with Crippen molar-refractivity contribution in [3.63, 3.8) is 0 Å². The molecule has 31 heavy (non-hydrogen) atoms. The van der Waals surface area contributed by atoms with Gasteiger partial charge < -0.3 is 15.8 Å². The van der Waals surface area contributed by atoms with Crippen LogP contribution < -0.4 is 15.8 Å². The number of carbonyl (C=O) groups excluding carboxylic acids is 2. The highest BCUT2D eigenvalue weighted by atomic mass is 32.2. The van der Waals surface area contributed by atoms with Crippen molar-refractivity contribution in [3.05, 3.63) is 29.8 Å². The molecule has 1 aromatic carbocycles. The SMILES string of the molecule is CC(C)(C=O)NSc1cc(F)cc(F)c1.CNC1C(C)CC2CC1CC(C)(C(N)=O)C2. The molecule has 0 heterocycles. The Morgan fingerprint density at radius 2 is 1.84 bits per heavy atom. The molecule has 4 N–H and O–H groups in total. The summed E-state index contributed by atoms with van der Waals surface area (Å²) in [5.41, 5.74) is 4.58. The van der Waals surface area contributed by atoms with Crippen molar-refractivity contribution in [2.75, 3.05) is 7.05 Å². The minimum atomic E-state index is -0.729. The fraction of sp³-hybridized carbons (Fsp3) is 0.652. The van der Waals surface area contributed by atoms with E-state index < -0.39 is 17.2 Å². The highest BCUT2D eigenvalue weighted by Gasteiger charge is 2.47. The number of rotatable bonds is 6. The third-order valence-electron chi connectivity index (χ3n) is 6.40. The van der Waals surface area contributed by atoms with Crippen molar-refractivity contribution in [3.8, 4) is 0 Å². The van der Waals surface area contributed by atoms with E-state index in [0.29, 0.717) is 22.8 Å². The van der Waals surface area contributed by atoms with Crippen LogP contribution in [0.4, 0.5) is 8.78 Å². The van der Waals surface area contributed by atoms with Gasteiger partial charge in [-0.1, -0.05) is 13.8 Å². The lowest BCUT2D eigenvalue weighted by Crippen LogP contribution is -2.52. The zero-order valence-electron chi connectivity index (χ0n) is 19.0. The van der Waals surface area contributed by atoms with Gasteiger partial charge in [0.15, 0.2) is 0 Å². The zero-order chi connectivity index (χ0) is 23.4. The Balaban J connectivity index is 0.000000221. The molecular weight excluding hydrogens is 420 g/mol. The van der Waals surface area contributed by atoms with Crippen LogP contribution in [0.2, 0.25) is 0 Å². The molecule has 5 atom stereocenters. The first-order valence-electron chi connectivity index (χ1n) is 10.7. The van der Waals surface area contributed by atoms with Gasteiger partial charge in [-0.25, -0.2) is 13.5 Å². The zero-order valence-corrected chi connectivity index (χ0v) is 19.8. The highest BCUT2D eigenvalue weighted by Crippen LogP contribution is 2.50. The molecule has 174 valence electrons. The topological polar surface area (TPSA) is 84.2 Å². The van der Waals surface area contributed by atoms with Crippen molar-refractivity contribution in [2.45, 2.75) is 69.9 Å². The van der Waals surface area contributed by atoms with Gasteiger partial charge in [0.1, 0.15) is 17.9 Å². The fourth-order valence-corrected chi connectivity index (χ4v) is 5.78. The Morgan fingerprint density at radius 3 is 2.35 bits per heavy atom. The van der Waals surface area contributed by atoms with E-state index in [-0.39, 0.29) is 11.3 Å². The molecule has 2 fully saturated rings. The van der Waals surface area contributed by atoms with Crippen LogP contribution in [0.25, 0.3) is 0 Å². The van der Waals surface area contributed by atoms with E-state index in [0.717, 1.165) is 43.1 Å². The molecule has 1 aromatic rings. The number of nitrogens with two attached hydrogens (primary N) is 1. The summed E-state index contributed by atoms with van der Waals surface area (Å²) in [6.45, 7) is 7.72. The molecular formula is C23H35F2N3O2S. The van der Waals surface area contributed by atoms with E-state index in [2.05, 4.69) is 23.9 Å². The van der Waals surface area contributed by atoms with Crippen LogP contribution in [0.15, 0.2) is 23.1 Å². The number of primary amides is 1. The quantitative estimate of drug-likeness (QED) is 0.445. The third-order valence-corrected chi connectivity index (χ3v) is 7.50. The molecule has 2 saturated carbocycles. The summed E-state index contributed by atoms with van der Waals surface area (Å²) in [4.78, 5) is 22.5. The van der Waals surface area contributed by atoms with E-state index in [1.54, 1.807) is 13.8 Å². The summed E-state index contributed by atoms with van der Waals surface area (Å²) in [5, 5.41) is 3.43. The molecule has 2 bridgehead atoms. The maximum Gasteiger partial charge on any atom is 0.223 e. The second-order valence-corrected chi connectivity index (χ2v) is 10.8. The molecule has 1 amide bonds. The predicted molar refractivity (Wildman–Crippen MR) is 120 cm³/mol. The van der Waals surface area contributed by atoms with E-state index >= 15 is 0 Å². The maximum atomic E-state index is 12.8. The van der Waals surface area contributed by atoms with Crippen LogP contribution in [-0.2, 0) is 9.59 Å². The van der Waals surface area contributed by atoms with Crippen molar-refractivity contribution < 1.29 is 18.4 Å². The average Bonchev–Trinajstić information content (AvgIpc) is 2.66. The summed E-state index contributed by atoms with van der Waals surface area (Å²) in [5.74, 6) is 0.685. The molecule has 0 saturated heterocycles. The molecule has 3 rings (SSSR count). The Hall–Kier alpha value is -1.51. The van der Waals surface area contributed by atoms with Gasteiger partial charge in [0.05, 0.1) is 5.54 Å². The molecule has 0 radical (unpaired) electrons. The molecule has 0 aliphatic heterocycles. The van der Waals surface area contributed by atoms with Crippen molar-refractivity contribution in [2.24, 2.45) is 28.9 Å². The lowest BCUT2D eigenvalue weighted by Gasteiger charge is -2.49. The molecule has 5 unspecified atom stereocenters. The van der Waals surface area contributed by atoms with Gasteiger partial charge in [0.2, 0.25) is 5.91 Å². The summed E-state index contributed by atoms with van der Waals surface area (Å²) in [7, 11) is 2.04. The standard InChI is InChI=1S/C13H24N2O.C10H11F2NOS/c1-8-4-9-5-10(11(8)15-3)7-13(2,6-9)12(14)16;1-10(2,6-14)13-15-9-4-7(11)3-8(12)5-9/h8-11,15H,4-7H2,1-3H3,(H2,14,16);3-6,13H,1-2H3. The molecule has 2 aliphatic carbocycles. The van der Waals surface area contributed by atoms with E-state index in [1.165, 1.54) is 25.0 Å². The first-order valence-corrected chi connectivity index (χ1v) is 11.5. The van der Waals surface area contributed by atoms with E-state index in [9.17, 15) is 18.4 Å². The number of aldehydes is 1. The number of halogens is 2. The first-order chi connectivity index (χ1) is 14.4. The van der Waals surface area contributed by atoms with Gasteiger partial charge in [-0.3, -0.25) is 4.79 Å². The summed E-state index contributed by atoms with van der Waals surface area (Å²) < 4.78 is 28.4. The van der Waals surface area contributed by atoms with Gasteiger partial charge in [-0.15, -0.1) is 0 Å². The number of hydrogen-bond acceptors (Lipinski definition) is 5. The minimum Gasteiger partial charge on any atom is -0.369 e. The second kappa shape index (κ2) is 10.4. The average molecular weight is 456 g/mol. The van der Waals surface area contributed by atoms with Gasteiger partial charge in [0, 0.05) is 22.4 Å². The van der Waals surface area contributed by atoms with Crippen LogP contribution in [0.3, 0.4) is 0 Å². The van der Waals surface area contributed by atoms with Crippen LogP contribution in [0.5, 0.6) is 0 Å². The van der Waals surface area contributed by atoms with Gasteiger partial charge in [-0.05, 0) is 88.4 Å². The lowest BCUT2D eigenvalue weighted by molar-refractivity contribution is -0.132. The van der Waals surface area contributed by atoms with Gasteiger partial charge in [0.25, 0.3) is 0 Å². The molecule has 2 aliphatic rings. The number of fused-ring (bicyclic) bond motifs is 2. The number of benzene rings is 1. The van der Waals surface area contributed by atoms with Gasteiger partial charge >= 0.3 is 0 Å². The number of amides is 1. The van der Waals surface area contributed by atoms with Crippen molar-refractivity contribution >= 4 is 24.1 Å². The fourth-order valence-electron chi connectivity index (χ4n) is 5.01. The largest absolute Gasteiger partial charge is 0.369 e. The lowest BCUT2D eigenvalue weighted by atomic mass is 9.57. The number of hydrogen-bond donors (Lipinski definition) is 3. The third kappa shape index (κ3) is 6.99. The Kier molecular flexibility index (Phi) is 8.64. The maximum absolute atomic E-state index is 12.8. The Morgan fingerprint density at radius 1 is 1.23 bits per heavy atom. The predicted octanol–water partition coefficient (Wildman–Crippen LogP) is 4.06. The van der Waals surface area contributed by atoms with Crippen LogP contribution in [0, 0.1) is 34.8 Å². The van der Waals surface area contributed by atoms with Gasteiger partial charge in [-0.2, -0.15) is 0 Å². The molecule has 0 aromatic heterocycles. The van der Waals surface area contributed by atoms with Crippen LogP contribution in [-0.4, -0.2) is 30.8 Å². The minimum absolute atomic E-state index is 0.105. The smallest absolute Gasteiger partial charge is 0.223 e. The van der Waals surface area contributed by atoms with Crippen LogP contribution >= 0.6 is 11.9 Å². The van der Waals surface area contributed by atoms with E-state index in [1.807, 2.05) is 7.05 Å². The normalized spacial score (nSPS) is 30.2. The van der Waals surface area contributed by atoms with E-state index in [4.69, 9.17) is 5.73 Å². The van der Waals surface area contributed by atoms with Crippen molar-refractivity contribution in [1.29, 1.82) is 0 Å². The highest BCUT2D eigenvalue weighted by molar-refractivity contribution is 7.97. The summed E-state index contributed by atoms with van der Waals surface area (Å²) in [6, 6.07) is 3.76. The first kappa shape index (κ1) is 25.7. The molecule has 8 heteroatoms. The summed E-state index contributed by atoms with van der Waals surface area (Å²) >= 11 is 1.02. The summed E-state index contributed by atoms with van der Waals surface area (Å²) in [6.07, 6.45) is 5.22.